The largest absolute Gasteiger partial charge is 0.397 e. The zero-order valence-corrected chi connectivity index (χ0v) is 15.9. The van der Waals surface area contributed by atoms with E-state index in [0.29, 0.717) is 42.0 Å². The molecule has 1 heterocycles. The van der Waals surface area contributed by atoms with Crippen LogP contribution in [-0.4, -0.2) is 50.0 Å². The lowest BCUT2D eigenvalue weighted by molar-refractivity contribution is -0.128. The summed E-state index contributed by atoms with van der Waals surface area (Å²) in [7, 11) is 3.58. The van der Waals surface area contributed by atoms with Gasteiger partial charge in [0.1, 0.15) is 5.84 Å². The second-order valence-corrected chi connectivity index (χ2v) is 6.20. The van der Waals surface area contributed by atoms with Crippen LogP contribution in [0.1, 0.15) is 18.9 Å². The molecule has 1 aliphatic rings. The van der Waals surface area contributed by atoms with Gasteiger partial charge in [-0.1, -0.05) is 12.1 Å². The molecule has 0 saturated heterocycles. The summed E-state index contributed by atoms with van der Waals surface area (Å²) in [4.78, 5) is 13.4. The van der Waals surface area contributed by atoms with Gasteiger partial charge in [-0.05, 0) is 6.07 Å². The summed E-state index contributed by atoms with van der Waals surface area (Å²) in [5, 5.41) is 25.2. The molecular formula is C19H27N7O. The lowest BCUT2D eigenvalue weighted by atomic mass is 10.0. The maximum absolute atomic E-state index is 11.7. The highest BCUT2D eigenvalue weighted by atomic mass is 16.2. The first-order valence-electron chi connectivity index (χ1n) is 8.70. The molecule has 1 aromatic carbocycles. The molecular weight excluding hydrogens is 342 g/mol. The fraction of sp³-hybridized carbons (Fsp3) is 0.316. The first kappa shape index (κ1) is 20.0. The Labute approximate surface area is 159 Å². The van der Waals surface area contributed by atoms with Crippen LogP contribution in [0.3, 0.4) is 0 Å². The number of amidine groups is 1. The average molecular weight is 369 g/mol. The van der Waals surface area contributed by atoms with Crippen LogP contribution in [0, 0.1) is 10.8 Å². The van der Waals surface area contributed by atoms with Gasteiger partial charge in [0.05, 0.1) is 17.9 Å². The van der Waals surface area contributed by atoms with E-state index < -0.39 is 0 Å². The molecule has 1 aromatic rings. The Kier molecular flexibility index (Phi) is 6.59. The lowest BCUT2D eigenvalue weighted by Gasteiger charge is -2.30. The van der Waals surface area contributed by atoms with Gasteiger partial charge in [-0.15, -0.1) is 0 Å². The van der Waals surface area contributed by atoms with Crippen molar-refractivity contribution in [3.8, 4) is 0 Å². The zero-order chi connectivity index (χ0) is 20.0. The lowest BCUT2D eigenvalue weighted by Crippen LogP contribution is -2.40. The molecule has 0 aliphatic carbocycles. The van der Waals surface area contributed by atoms with Crippen LogP contribution in [0.4, 0.5) is 11.4 Å². The molecule has 0 bridgehead atoms. The van der Waals surface area contributed by atoms with Gasteiger partial charge in [0, 0.05) is 68.8 Å². The van der Waals surface area contributed by atoms with Crippen molar-refractivity contribution >= 4 is 34.9 Å². The fourth-order valence-corrected chi connectivity index (χ4v) is 3.03. The van der Waals surface area contributed by atoms with Gasteiger partial charge in [0.25, 0.3) is 0 Å². The predicted molar refractivity (Wildman–Crippen MR) is 111 cm³/mol. The van der Waals surface area contributed by atoms with Crippen molar-refractivity contribution < 1.29 is 4.79 Å². The smallest absolute Gasteiger partial charge is 0.219 e. The molecule has 8 nitrogen and oxygen atoms in total. The van der Waals surface area contributed by atoms with E-state index in [9.17, 15) is 4.79 Å². The topological polar surface area (TPSA) is 130 Å². The molecule has 144 valence electrons. The Morgan fingerprint density at radius 1 is 1.33 bits per heavy atom. The number of nitrogens with one attached hydrogen (secondary N) is 5. The molecule has 0 atom stereocenters. The van der Waals surface area contributed by atoms with Gasteiger partial charge in [-0.25, -0.2) is 0 Å². The van der Waals surface area contributed by atoms with Crippen molar-refractivity contribution in [1.82, 2.24) is 15.5 Å². The number of nitrogen functional groups attached to an aromatic ring is 1. The number of allylic oxidation sites excluding steroid dienone is 1. The Morgan fingerprint density at radius 3 is 2.67 bits per heavy atom. The number of amides is 1. The number of rotatable bonds is 6. The second kappa shape index (κ2) is 8.88. The second-order valence-electron chi connectivity index (χ2n) is 6.20. The zero-order valence-electron chi connectivity index (χ0n) is 15.9. The number of nitrogens with zero attached hydrogens (tertiary/aromatic N) is 1. The molecule has 1 amide bonds. The van der Waals surface area contributed by atoms with Crippen molar-refractivity contribution in [3.63, 3.8) is 0 Å². The van der Waals surface area contributed by atoms with Crippen LogP contribution in [0.25, 0.3) is 5.57 Å². The monoisotopic (exact) mass is 369 g/mol. The Balaban J connectivity index is 2.32. The quantitative estimate of drug-likeness (QED) is 0.258. The first-order valence-corrected chi connectivity index (χ1v) is 8.70. The summed E-state index contributed by atoms with van der Waals surface area (Å²) >= 11 is 0. The van der Waals surface area contributed by atoms with Crippen molar-refractivity contribution in [3.05, 3.63) is 41.2 Å². The van der Waals surface area contributed by atoms with Gasteiger partial charge < -0.3 is 32.0 Å². The highest BCUT2D eigenvalue weighted by Crippen LogP contribution is 2.28. The first-order chi connectivity index (χ1) is 12.9. The summed E-state index contributed by atoms with van der Waals surface area (Å²) in [6.07, 6.45) is 3.60. The molecule has 0 fully saturated rings. The van der Waals surface area contributed by atoms with Gasteiger partial charge in [0.2, 0.25) is 5.91 Å². The van der Waals surface area contributed by atoms with E-state index in [0.717, 1.165) is 11.3 Å². The number of anilines is 2. The van der Waals surface area contributed by atoms with Crippen molar-refractivity contribution in [2.75, 3.05) is 38.2 Å². The summed E-state index contributed by atoms with van der Waals surface area (Å²) < 4.78 is 0. The number of benzene rings is 1. The number of carbonyl (C=O) groups is 1. The van der Waals surface area contributed by atoms with E-state index in [-0.39, 0.29) is 11.7 Å². The van der Waals surface area contributed by atoms with Crippen LogP contribution in [0.15, 0.2) is 35.7 Å². The summed E-state index contributed by atoms with van der Waals surface area (Å²) in [6, 6.07) is 5.44. The Hall–Kier alpha value is -3.29. The predicted octanol–water partition coefficient (Wildman–Crippen LogP) is 1.59. The van der Waals surface area contributed by atoms with E-state index in [4.69, 9.17) is 16.6 Å². The average Bonchev–Trinajstić information content (AvgIpc) is 2.67. The molecule has 27 heavy (non-hydrogen) atoms. The number of carbonyl (C=O) groups excluding carboxylic acids is 1. The molecule has 8 heteroatoms. The van der Waals surface area contributed by atoms with Crippen LogP contribution in [0.2, 0.25) is 0 Å². The number of hydrogen-bond donors (Lipinski definition) is 6. The molecule has 0 unspecified atom stereocenters. The van der Waals surface area contributed by atoms with Crippen molar-refractivity contribution in [2.45, 2.75) is 13.3 Å². The molecule has 2 rings (SSSR count). The summed E-state index contributed by atoms with van der Waals surface area (Å²) in [6.45, 7) is 2.55. The van der Waals surface area contributed by atoms with E-state index in [2.05, 4.69) is 16.0 Å². The minimum absolute atomic E-state index is 0.00945. The van der Waals surface area contributed by atoms with E-state index in [1.807, 2.05) is 19.2 Å². The van der Waals surface area contributed by atoms with Crippen molar-refractivity contribution in [2.24, 2.45) is 0 Å². The highest BCUT2D eigenvalue weighted by molar-refractivity contribution is 6.13. The maximum Gasteiger partial charge on any atom is 0.219 e. The summed E-state index contributed by atoms with van der Waals surface area (Å²) in [5.41, 5.74) is 10.3. The summed E-state index contributed by atoms with van der Waals surface area (Å²) in [5.74, 6) is 0.188. The minimum atomic E-state index is -0.00945. The Morgan fingerprint density at radius 2 is 2.07 bits per heavy atom. The normalized spacial score (nSPS) is 14.6. The number of nitrogens with two attached hydrogens (primary N) is 1. The van der Waals surface area contributed by atoms with Gasteiger partial charge >= 0.3 is 0 Å². The molecule has 0 spiro atoms. The maximum atomic E-state index is 11.7. The molecule has 1 aliphatic heterocycles. The standard InChI is InChI=1S/C19H27N7O/c1-12(27)26-8-7-16(24-3)15(11-26)19(22)25-17-6-4-5-14(18(17)21)13(9-20)10-23-2/h4-6,9-10,20,23-24H,7-8,11,21H2,1-3H3,(H2,22,25)/b13-10+,20-9?. The third kappa shape index (κ3) is 4.46. The van der Waals surface area contributed by atoms with E-state index in [1.165, 1.54) is 13.1 Å². The van der Waals surface area contributed by atoms with E-state index >= 15 is 0 Å². The minimum Gasteiger partial charge on any atom is -0.397 e. The third-order valence-corrected chi connectivity index (χ3v) is 4.53. The van der Waals surface area contributed by atoms with E-state index in [1.54, 1.807) is 24.2 Å². The number of hydrogen-bond acceptors (Lipinski definition) is 6. The van der Waals surface area contributed by atoms with Crippen LogP contribution >= 0.6 is 0 Å². The highest BCUT2D eigenvalue weighted by Gasteiger charge is 2.23. The molecule has 0 saturated carbocycles. The van der Waals surface area contributed by atoms with Gasteiger partial charge in [-0.3, -0.25) is 10.2 Å². The van der Waals surface area contributed by atoms with Crippen LogP contribution in [0.5, 0.6) is 0 Å². The fourth-order valence-electron chi connectivity index (χ4n) is 3.03. The van der Waals surface area contributed by atoms with Crippen LogP contribution in [-0.2, 0) is 4.79 Å². The Bertz CT molecular complexity index is 810. The van der Waals surface area contributed by atoms with Crippen LogP contribution < -0.4 is 21.7 Å². The molecule has 7 N–H and O–H groups in total. The third-order valence-electron chi connectivity index (χ3n) is 4.53. The van der Waals surface area contributed by atoms with Gasteiger partial charge in [-0.2, -0.15) is 0 Å². The molecule has 0 radical (unpaired) electrons. The van der Waals surface area contributed by atoms with Crippen molar-refractivity contribution in [1.29, 1.82) is 10.8 Å². The SMILES string of the molecule is CN/C=C(\C=N)c1cccc(NC(=N)C2=C(NC)CCN(C(C)=O)C2)c1N. The number of para-hydroxylation sites is 1. The molecule has 0 aromatic heterocycles. The van der Waals surface area contributed by atoms with Gasteiger partial charge in [0.15, 0.2) is 0 Å².